The van der Waals surface area contributed by atoms with Gasteiger partial charge in [-0.25, -0.2) is 0 Å². The first-order valence-corrected chi connectivity index (χ1v) is 8.72. The molecule has 1 aromatic carbocycles. The summed E-state index contributed by atoms with van der Waals surface area (Å²) >= 11 is 0. The summed E-state index contributed by atoms with van der Waals surface area (Å²) in [6.07, 6.45) is 5.04. The molecule has 6 heteroatoms. The lowest BCUT2D eigenvalue weighted by atomic mass is 10.0. The molecule has 26 heavy (non-hydrogen) atoms. The van der Waals surface area contributed by atoms with Gasteiger partial charge < -0.3 is 14.7 Å². The largest absolute Gasteiger partial charge is 0.507 e. The van der Waals surface area contributed by atoms with Crippen molar-refractivity contribution in [1.29, 1.82) is 0 Å². The van der Waals surface area contributed by atoms with Crippen molar-refractivity contribution in [3.63, 3.8) is 0 Å². The van der Waals surface area contributed by atoms with E-state index in [1.807, 2.05) is 12.1 Å². The maximum absolute atomic E-state index is 12.7. The average molecular weight is 351 g/mol. The van der Waals surface area contributed by atoms with Crippen molar-refractivity contribution in [3.8, 4) is 11.5 Å². The third kappa shape index (κ3) is 3.21. The number of ketones is 1. The number of allylic oxidation sites excluding steroid dienone is 1. The summed E-state index contributed by atoms with van der Waals surface area (Å²) < 4.78 is 5.88. The second kappa shape index (κ2) is 6.90. The first kappa shape index (κ1) is 16.8. The van der Waals surface area contributed by atoms with Gasteiger partial charge in [-0.05, 0) is 36.9 Å². The molecule has 2 aliphatic heterocycles. The van der Waals surface area contributed by atoms with E-state index in [1.54, 1.807) is 30.6 Å². The van der Waals surface area contributed by atoms with Crippen molar-refractivity contribution < 1.29 is 14.6 Å². The van der Waals surface area contributed by atoms with E-state index in [9.17, 15) is 9.90 Å². The zero-order valence-corrected chi connectivity index (χ0v) is 14.7. The number of ether oxygens (including phenoxy) is 1. The maximum atomic E-state index is 12.7. The highest BCUT2D eigenvalue weighted by Crippen LogP contribution is 2.40. The van der Waals surface area contributed by atoms with Crippen molar-refractivity contribution in [2.45, 2.75) is 6.54 Å². The minimum absolute atomic E-state index is 0.163. The van der Waals surface area contributed by atoms with E-state index in [-0.39, 0.29) is 17.3 Å². The summed E-state index contributed by atoms with van der Waals surface area (Å²) in [4.78, 5) is 21.3. The molecular weight excluding hydrogens is 330 g/mol. The van der Waals surface area contributed by atoms with E-state index in [1.165, 1.54) is 0 Å². The van der Waals surface area contributed by atoms with Crippen LogP contribution < -0.4 is 4.74 Å². The summed E-state index contributed by atoms with van der Waals surface area (Å²) in [5.74, 6) is 0.740. The SMILES string of the molecule is CN1CCN(Cc2c(O)ccc3c2O/C(=C\c2cccnc2)C3=O)CC1. The number of phenols is 1. The highest BCUT2D eigenvalue weighted by molar-refractivity contribution is 6.14. The molecule has 2 aliphatic rings. The summed E-state index contributed by atoms with van der Waals surface area (Å²) in [5.41, 5.74) is 1.98. The van der Waals surface area contributed by atoms with E-state index >= 15 is 0 Å². The first-order chi connectivity index (χ1) is 12.6. The van der Waals surface area contributed by atoms with Gasteiger partial charge in [-0.3, -0.25) is 14.7 Å². The van der Waals surface area contributed by atoms with Crippen LogP contribution in [-0.2, 0) is 6.54 Å². The van der Waals surface area contributed by atoms with Gasteiger partial charge in [-0.2, -0.15) is 0 Å². The third-order valence-electron chi connectivity index (χ3n) is 4.88. The van der Waals surface area contributed by atoms with Gasteiger partial charge >= 0.3 is 0 Å². The van der Waals surface area contributed by atoms with Gasteiger partial charge in [-0.15, -0.1) is 0 Å². The summed E-state index contributed by atoms with van der Waals surface area (Å²) in [6, 6.07) is 6.88. The fourth-order valence-electron chi connectivity index (χ4n) is 3.29. The van der Waals surface area contributed by atoms with Crippen LogP contribution in [-0.4, -0.2) is 58.9 Å². The molecule has 1 N–H and O–H groups in total. The molecule has 0 amide bonds. The lowest BCUT2D eigenvalue weighted by Gasteiger charge is -2.32. The quantitative estimate of drug-likeness (QED) is 0.855. The fraction of sp³-hybridized carbons (Fsp3) is 0.300. The van der Waals surface area contributed by atoms with Crippen LogP contribution >= 0.6 is 0 Å². The van der Waals surface area contributed by atoms with E-state index in [0.29, 0.717) is 23.4 Å². The van der Waals surface area contributed by atoms with Crippen molar-refractivity contribution >= 4 is 11.9 Å². The highest BCUT2D eigenvalue weighted by atomic mass is 16.5. The Bertz CT molecular complexity index is 856. The van der Waals surface area contributed by atoms with Gasteiger partial charge in [0.1, 0.15) is 11.5 Å². The molecular formula is C20H21N3O3. The summed E-state index contributed by atoms with van der Waals surface area (Å²) in [6.45, 7) is 4.39. The van der Waals surface area contributed by atoms with Crippen LogP contribution in [0.1, 0.15) is 21.5 Å². The Kier molecular flexibility index (Phi) is 4.44. The maximum Gasteiger partial charge on any atom is 0.231 e. The number of carbonyl (C=O) groups excluding carboxylic acids is 1. The van der Waals surface area contributed by atoms with Crippen LogP contribution in [0.15, 0.2) is 42.4 Å². The molecule has 6 nitrogen and oxygen atoms in total. The number of benzene rings is 1. The molecule has 1 aromatic heterocycles. The van der Waals surface area contributed by atoms with E-state index < -0.39 is 0 Å². The van der Waals surface area contributed by atoms with Crippen LogP contribution in [0.5, 0.6) is 11.5 Å². The number of carbonyl (C=O) groups is 1. The number of pyridine rings is 1. The zero-order valence-electron chi connectivity index (χ0n) is 14.7. The number of piperazine rings is 1. The van der Waals surface area contributed by atoms with E-state index in [0.717, 1.165) is 31.7 Å². The number of likely N-dealkylation sites (N-methyl/N-ethyl adjacent to an activating group) is 1. The van der Waals surface area contributed by atoms with Crippen molar-refractivity contribution in [3.05, 3.63) is 59.1 Å². The van der Waals surface area contributed by atoms with Crippen molar-refractivity contribution in [2.24, 2.45) is 0 Å². The average Bonchev–Trinajstić information content (AvgIpc) is 2.96. The second-order valence-corrected chi connectivity index (χ2v) is 6.75. The normalized spacial score (nSPS) is 19.6. The second-order valence-electron chi connectivity index (χ2n) is 6.75. The van der Waals surface area contributed by atoms with Gasteiger partial charge in [-0.1, -0.05) is 6.07 Å². The number of aromatic hydroxyl groups is 1. The molecule has 1 fully saturated rings. The zero-order chi connectivity index (χ0) is 18.1. The Morgan fingerprint density at radius 1 is 1.23 bits per heavy atom. The van der Waals surface area contributed by atoms with Crippen molar-refractivity contribution in [2.75, 3.05) is 33.2 Å². The van der Waals surface area contributed by atoms with Gasteiger partial charge in [0.05, 0.1) is 11.1 Å². The van der Waals surface area contributed by atoms with E-state index in [4.69, 9.17) is 4.74 Å². The van der Waals surface area contributed by atoms with Crippen molar-refractivity contribution in [1.82, 2.24) is 14.8 Å². The number of hydrogen-bond acceptors (Lipinski definition) is 6. The number of Topliss-reactive ketones (excluding diaryl/α,β-unsaturated/α-hetero) is 1. The Labute approximate surface area is 152 Å². The number of phenolic OH excluding ortho intramolecular Hbond substituents is 1. The standard InChI is InChI=1S/C20H21N3O3/c1-22-7-9-23(10-8-22)13-16-17(24)5-4-15-19(25)18(26-20(15)16)11-14-3-2-6-21-12-14/h2-6,11-12,24H,7-10,13H2,1H3/b18-11-. The predicted octanol–water partition coefficient (Wildman–Crippen LogP) is 2.15. The molecule has 0 unspecified atom stereocenters. The molecule has 0 aliphatic carbocycles. The molecule has 0 radical (unpaired) electrons. The molecule has 2 aromatic rings. The van der Waals surface area contributed by atoms with E-state index in [2.05, 4.69) is 21.8 Å². The summed E-state index contributed by atoms with van der Waals surface area (Å²) in [5, 5.41) is 10.4. The fourth-order valence-corrected chi connectivity index (χ4v) is 3.29. The Balaban J connectivity index is 1.62. The Morgan fingerprint density at radius 3 is 2.77 bits per heavy atom. The van der Waals surface area contributed by atoms with Crippen LogP contribution in [0.3, 0.4) is 0 Å². The summed E-state index contributed by atoms with van der Waals surface area (Å²) in [7, 11) is 2.10. The van der Waals surface area contributed by atoms with Gasteiger partial charge in [0.2, 0.25) is 5.78 Å². The molecule has 4 rings (SSSR count). The first-order valence-electron chi connectivity index (χ1n) is 8.72. The Hall–Kier alpha value is -2.70. The number of rotatable bonds is 3. The van der Waals surface area contributed by atoms with Crippen LogP contribution in [0.4, 0.5) is 0 Å². The highest BCUT2D eigenvalue weighted by Gasteiger charge is 2.32. The monoisotopic (exact) mass is 351 g/mol. The lowest BCUT2D eigenvalue weighted by Crippen LogP contribution is -2.43. The topological polar surface area (TPSA) is 65.9 Å². The number of fused-ring (bicyclic) bond motifs is 1. The molecule has 0 spiro atoms. The molecule has 1 saturated heterocycles. The van der Waals surface area contributed by atoms with Gasteiger partial charge in [0.15, 0.2) is 5.76 Å². The lowest BCUT2D eigenvalue weighted by molar-refractivity contribution is 0.101. The van der Waals surface area contributed by atoms with Crippen LogP contribution in [0, 0.1) is 0 Å². The van der Waals surface area contributed by atoms with Gasteiger partial charge in [0, 0.05) is 45.1 Å². The number of nitrogens with zero attached hydrogens (tertiary/aromatic N) is 3. The minimum Gasteiger partial charge on any atom is -0.507 e. The number of aromatic nitrogens is 1. The molecule has 0 atom stereocenters. The molecule has 0 saturated carbocycles. The van der Waals surface area contributed by atoms with Gasteiger partial charge in [0.25, 0.3) is 0 Å². The van der Waals surface area contributed by atoms with Crippen LogP contribution in [0.2, 0.25) is 0 Å². The molecule has 3 heterocycles. The molecule has 0 bridgehead atoms. The Morgan fingerprint density at radius 2 is 2.04 bits per heavy atom. The van der Waals surface area contributed by atoms with Crippen LogP contribution in [0.25, 0.3) is 6.08 Å². The minimum atomic E-state index is -0.163. The molecule has 134 valence electrons. The third-order valence-corrected chi connectivity index (χ3v) is 4.88. The number of hydrogen-bond donors (Lipinski definition) is 1. The predicted molar refractivity (Wildman–Crippen MR) is 98.1 cm³/mol. The smallest absolute Gasteiger partial charge is 0.231 e.